The summed E-state index contributed by atoms with van der Waals surface area (Å²) in [6.45, 7) is 3.05. The Morgan fingerprint density at radius 2 is 2.16 bits per heavy atom. The maximum atomic E-state index is 12.0. The number of carbonyl (C=O) groups excluding carboxylic acids is 1. The predicted molar refractivity (Wildman–Crippen MR) is 67.5 cm³/mol. The Balaban J connectivity index is 1.73. The third kappa shape index (κ3) is 2.24. The van der Waals surface area contributed by atoms with E-state index in [1.54, 1.807) is 0 Å². The standard InChI is InChI=1S/C14H14N2O3/c1-10-12-8-18-9-13(12)16(15-10)14(17)19-7-11-5-3-2-4-6-11/h2-6H,7-9H2,1H3. The fraction of sp³-hybridized carbons (Fsp3) is 0.286. The van der Waals surface area contributed by atoms with E-state index in [9.17, 15) is 4.79 Å². The van der Waals surface area contributed by atoms with Crippen LogP contribution in [0.1, 0.15) is 22.5 Å². The third-order valence-corrected chi connectivity index (χ3v) is 3.15. The van der Waals surface area contributed by atoms with Crippen LogP contribution in [0.15, 0.2) is 30.3 Å². The summed E-state index contributed by atoms with van der Waals surface area (Å²) in [4.78, 5) is 12.0. The van der Waals surface area contributed by atoms with E-state index in [4.69, 9.17) is 9.47 Å². The average Bonchev–Trinajstić information content (AvgIpc) is 3.02. The number of hydrogen-bond donors (Lipinski definition) is 0. The monoisotopic (exact) mass is 258 g/mol. The second-order valence-corrected chi connectivity index (χ2v) is 4.46. The Labute approximate surface area is 110 Å². The summed E-state index contributed by atoms with van der Waals surface area (Å²) in [7, 11) is 0. The fourth-order valence-corrected chi connectivity index (χ4v) is 2.12. The highest BCUT2D eigenvalue weighted by atomic mass is 16.6. The van der Waals surface area contributed by atoms with Gasteiger partial charge >= 0.3 is 6.09 Å². The van der Waals surface area contributed by atoms with Crippen LogP contribution in [0.25, 0.3) is 0 Å². The van der Waals surface area contributed by atoms with Gasteiger partial charge in [0.25, 0.3) is 0 Å². The quantitative estimate of drug-likeness (QED) is 0.830. The van der Waals surface area contributed by atoms with Crippen molar-refractivity contribution in [2.45, 2.75) is 26.7 Å². The van der Waals surface area contributed by atoms with Crippen LogP contribution in [0.2, 0.25) is 0 Å². The Morgan fingerprint density at radius 3 is 2.95 bits per heavy atom. The van der Waals surface area contributed by atoms with E-state index < -0.39 is 6.09 Å². The van der Waals surface area contributed by atoms with E-state index in [1.165, 1.54) is 4.68 Å². The van der Waals surface area contributed by atoms with Crippen molar-refractivity contribution in [3.63, 3.8) is 0 Å². The first-order chi connectivity index (χ1) is 9.25. The van der Waals surface area contributed by atoms with Gasteiger partial charge in [0.2, 0.25) is 0 Å². The maximum Gasteiger partial charge on any atom is 0.435 e. The van der Waals surface area contributed by atoms with Gasteiger partial charge in [-0.15, -0.1) is 0 Å². The van der Waals surface area contributed by atoms with Crippen LogP contribution in [0.5, 0.6) is 0 Å². The molecule has 2 heterocycles. The van der Waals surface area contributed by atoms with Crippen molar-refractivity contribution in [2.24, 2.45) is 0 Å². The number of ether oxygens (including phenoxy) is 2. The van der Waals surface area contributed by atoms with Crippen molar-refractivity contribution >= 4 is 6.09 Å². The highest BCUT2D eigenvalue weighted by Crippen LogP contribution is 2.22. The summed E-state index contributed by atoms with van der Waals surface area (Å²) in [6.07, 6.45) is -0.460. The zero-order chi connectivity index (χ0) is 13.2. The number of fused-ring (bicyclic) bond motifs is 1. The zero-order valence-electron chi connectivity index (χ0n) is 10.6. The average molecular weight is 258 g/mol. The van der Waals surface area contributed by atoms with Gasteiger partial charge in [0, 0.05) is 5.56 Å². The lowest BCUT2D eigenvalue weighted by molar-refractivity contribution is 0.119. The molecule has 98 valence electrons. The first-order valence-corrected chi connectivity index (χ1v) is 6.12. The largest absolute Gasteiger partial charge is 0.443 e. The Hall–Kier alpha value is -2.14. The van der Waals surface area contributed by atoms with Crippen LogP contribution in [0.3, 0.4) is 0 Å². The molecular weight excluding hydrogens is 244 g/mol. The topological polar surface area (TPSA) is 53.4 Å². The number of hydrogen-bond acceptors (Lipinski definition) is 4. The molecule has 5 nitrogen and oxygen atoms in total. The SMILES string of the molecule is Cc1nn(C(=O)OCc2ccccc2)c2c1COC2. The van der Waals surface area contributed by atoms with E-state index in [2.05, 4.69) is 5.10 Å². The molecule has 5 heteroatoms. The molecule has 19 heavy (non-hydrogen) atoms. The highest BCUT2D eigenvalue weighted by molar-refractivity contribution is 5.71. The number of carbonyl (C=O) groups is 1. The second-order valence-electron chi connectivity index (χ2n) is 4.46. The molecule has 1 aliphatic rings. The summed E-state index contributed by atoms with van der Waals surface area (Å²) in [5, 5.41) is 4.21. The predicted octanol–water partition coefficient (Wildman–Crippen LogP) is 2.41. The Bertz CT molecular complexity index is 605. The number of benzene rings is 1. The summed E-state index contributed by atoms with van der Waals surface area (Å²) in [5.41, 5.74) is 3.57. The number of rotatable bonds is 2. The van der Waals surface area contributed by atoms with Crippen molar-refractivity contribution in [3.05, 3.63) is 52.8 Å². The fourth-order valence-electron chi connectivity index (χ4n) is 2.12. The van der Waals surface area contributed by atoms with Crippen molar-refractivity contribution in [1.29, 1.82) is 0 Å². The van der Waals surface area contributed by atoms with Gasteiger partial charge in [-0.3, -0.25) is 0 Å². The molecule has 0 fully saturated rings. The zero-order valence-corrected chi connectivity index (χ0v) is 10.6. The van der Waals surface area contributed by atoms with Crippen LogP contribution in [0, 0.1) is 6.92 Å². The van der Waals surface area contributed by atoms with Crippen LogP contribution < -0.4 is 0 Å². The van der Waals surface area contributed by atoms with E-state index >= 15 is 0 Å². The molecule has 0 bridgehead atoms. The number of nitrogens with zero attached hydrogens (tertiary/aromatic N) is 2. The lowest BCUT2D eigenvalue weighted by Gasteiger charge is -2.06. The second kappa shape index (κ2) is 4.85. The number of aryl methyl sites for hydroxylation is 1. The van der Waals surface area contributed by atoms with E-state index in [1.807, 2.05) is 37.3 Å². The molecule has 0 radical (unpaired) electrons. The van der Waals surface area contributed by atoms with Crippen molar-refractivity contribution in [3.8, 4) is 0 Å². The van der Waals surface area contributed by atoms with Gasteiger partial charge < -0.3 is 9.47 Å². The van der Waals surface area contributed by atoms with Gasteiger partial charge in [-0.25, -0.2) is 4.79 Å². The van der Waals surface area contributed by atoms with E-state index in [0.717, 1.165) is 22.5 Å². The smallest absolute Gasteiger partial charge is 0.435 e. The molecule has 0 saturated carbocycles. The van der Waals surface area contributed by atoms with Crippen molar-refractivity contribution in [1.82, 2.24) is 9.78 Å². The molecule has 0 aliphatic carbocycles. The lowest BCUT2D eigenvalue weighted by atomic mass is 10.2. The molecule has 0 saturated heterocycles. The molecule has 3 rings (SSSR count). The molecular formula is C14H14N2O3. The number of aromatic nitrogens is 2. The molecule has 1 aromatic heterocycles. The van der Waals surface area contributed by atoms with Gasteiger partial charge in [-0.1, -0.05) is 30.3 Å². The summed E-state index contributed by atoms with van der Waals surface area (Å²) in [6, 6.07) is 9.57. The van der Waals surface area contributed by atoms with Gasteiger partial charge in [0.1, 0.15) is 6.61 Å². The molecule has 1 aliphatic heterocycles. The minimum Gasteiger partial charge on any atom is -0.443 e. The van der Waals surface area contributed by atoms with Gasteiger partial charge in [0.15, 0.2) is 0 Å². The van der Waals surface area contributed by atoms with E-state index in [-0.39, 0.29) is 6.61 Å². The molecule has 0 N–H and O–H groups in total. The molecule has 0 spiro atoms. The first kappa shape index (κ1) is 11.9. The highest BCUT2D eigenvalue weighted by Gasteiger charge is 2.24. The third-order valence-electron chi connectivity index (χ3n) is 3.15. The Morgan fingerprint density at radius 1 is 1.37 bits per heavy atom. The van der Waals surface area contributed by atoms with Crippen molar-refractivity contribution in [2.75, 3.05) is 0 Å². The van der Waals surface area contributed by atoms with Gasteiger partial charge in [-0.2, -0.15) is 9.78 Å². The minimum absolute atomic E-state index is 0.244. The molecule has 0 amide bonds. The lowest BCUT2D eigenvalue weighted by Crippen LogP contribution is -2.17. The first-order valence-electron chi connectivity index (χ1n) is 6.12. The molecule has 0 atom stereocenters. The summed E-state index contributed by atoms with van der Waals surface area (Å²) < 4.78 is 11.9. The summed E-state index contributed by atoms with van der Waals surface area (Å²) >= 11 is 0. The molecule has 2 aromatic rings. The van der Waals surface area contributed by atoms with E-state index in [0.29, 0.717) is 13.2 Å². The molecule has 1 aromatic carbocycles. The van der Waals surface area contributed by atoms with Crippen molar-refractivity contribution < 1.29 is 14.3 Å². The van der Waals surface area contributed by atoms with Crippen LogP contribution in [-0.2, 0) is 29.3 Å². The molecule has 0 unspecified atom stereocenters. The van der Waals surface area contributed by atoms with Crippen LogP contribution >= 0.6 is 0 Å². The van der Waals surface area contributed by atoms with Crippen LogP contribution in [0.4, 0.5) is 4.79 Å². The van der Waals surface area contributed by atoms with Gasteiger partial charge in [0.05, 0.1) is 24.6 Å². The summed E-state index contributed by atoms with van der Waals surface area (Å²) in [5.74, 6) is 0. The Kier molecular flexibility index (Phi) is 3.05. The maximum absolute atomic E-state index is 12.0. The van der Waals surface area contributed by atoms with Gasteiger partial charge in [-0.05, 0) is 12.5 Å². The normalized spacial score (nSPS) is 13.3. The van der Waals surface area contributed by atoms with Crippen LogP contribution in [-0.4, -0.2) is 15.9 Å². The minimum atomic E-state index is -0.460.